The monoisotopic (exact) mass is 228 g/mol. The molecule has 2 fully saturated rings. The molecule has 0 spiro atoms. The summed E-state index contributed by atoms with van der Waals surface area (Å²) >= 11 is 1.94. The molecular weight excluding hydrogens is 208 g/mol. The fourth-order valence-electron chi connectivity index (χ4n) is 2.00. The van der Waals surface area contributed by atoms with Crippen LogP contribution in [0.15, 0.2) is 0 Å². The van der Waals surface area contributed by atoms with Gasteiger partial charge in [0.25, 0.3) is 0 Å². The van der Waals surface area contributed by atoms with Gasteiger partial charge in [0.15, 0.2) is 0 Å². The molecule has 3 nitrogen and oxygen atoms in total. The van der Waals surface area contributed by atoms with E-state index in [1.54, 1.807) is 0 Å². The normalized spacial score (nSPS) is 27.1. The van der Waals surface area contributed by atoms with Crippen LogP contribution in [0.4, 0.5) is 0 Å². The maximum absolute atomic E-state index is 11.6. The standard InChI is InChI=1S/C11H20N2OS/c14-11(13-7-9-2-1-3-9)6-10-8-15-5-4-12-10/h9-10,12H,1-8H2,(H,13,14). The lowest BCUT2D eigenvalue weighted by Crippen LogP contribution is -2.42. The number of carbonyl (C=O) groups is 1. The minimum Gasteiger partial charge on any atom is -0.356 e. The van der Waals surface area contributed by atoms with Crippen LogP contribution in [0.3, 0.4) is 0 Å². The summed E-state index contributed by atoms with van der Waals surface area (Å²) in [5.74, 6) is 3.25. The van der Waals surface area contributed by atoms with Crippen molar-refractivity contribution in [2.75, 3.05) is 24.6 Å². The molecule has 0 bridgehead atoms. The fraction of sp³-hybridized carbons (Fsp3) is 0.909. The third-order valence-electron chi connectivity index (χ3n) is 3.24. The van der Waals surface area contributed by atoms with Gasteiger partial charge in [-0.05, 0) is 18.8 Å². The molecule has 2 N–H and O–H groups in total. The summed E-state index contributed by atoms with van der Waals surface area (Å²) in [4.78, 5) is 11.6. The summed E-state index contributed by atoms with van der Waals surface area (Å²) in [7, 11) is 0. The van der Waals surface area contributed by atoms with Crippen molar-refractivity contribution in [1.82, 2.24) is 10.6 Å². The molecule has 15 heavy (non-hydrogen) atoms. The van der Waals surface area contributed by atoms with Crippen molar-refractivity contribution >= 4 is 17.7 Å². The molecule has 0 radical (unpaired) electrons. The number of nitrogens with one attached hydrogen (secondary N) is 2. The van der Waals surface area contributed by atoms with Gasteiger partial charge in [0.1, 0.15) is 0 Å². The van der Waals surface area contributed by atoms with Crippen molar-refractivity contribution in [2.45, 2.75) is 31.7 Å². The highest BCUT2D eigenvalue weighted by Gasteiger charge is 2.20. The number of hydrogen-bond acceptors (Lipinski definition) is 3. The molecule has 1 aliphatic heterocycles. The number of carbonyl (C=O) groups excluding carboxylic acids is 1. The smallest absolute Gasteiger partial charge is 0.221 e. The minimum atomic E-state index is 0.224. The molecule has 1 amide bonds. The SMILES string of the molecule is O=C(CC1CSCCN1)NCC1CCC1. The van der Waals surface area contributed by atoms with Gasteiger partial charge in [-0.3, -0.25) is 4.79 Å². The van der Waals surface area contributed by atoms with Crippen molar-refractivity contribution in [2.24, 2.45) is 5.92 Å². The second-order valence-electron chi connectivity index (χ2n) is 4.53. The largest absolute Gasteiger partial charge is 0.356 e. The van der Waals surface area contributed by atoms with E-state index in [4.69, 9.17) is 0 Å². The predicted octanol–water partition coefficient (Wildman–Crippen LogP) is 0.998. The first-order chi connectivity index (χ1) is 7.34. The fourth-order valence-corrected chi connectivity index (χ4v) is 2.95. The second-order valence-corrected chi connectivity index (χ2v) is 5.68. The average Bonchev–Trinajstić information content (AvgIpc) is 2.17. The van der Waals surface area contributed by atoms with Gasteiger partial charge < -0.3 is 10.6 Å². The molecule has 1 aliphatic carbocycles. The predicted molar refractivity (Wildman–Crippen MR) is 64.1 cm³/mol. The van der Waals surface area contributed by atoms with Crippen LogP contribution in [0.2, 0.25) is 0 Å². The van der Waals surface area contributed by atoms with Gasteiger partial charge in [-0.15, -0.1) is 0 Å². The lowest BCUT2D eigenvalue weighted by Gasteiger charge is -2.26. The highest BCUT2D eigenvalue weighted by atomic mass is 32.2. The van der Waals surface area contributed by atoms with Gasteiger partial charge in [-0.1, -0.05) is 6.42 Å². The summed E-state index contributed by atoms with van der Waals surface area (Å²) in [6, 6.07) is 0.394. The van der Waals surface area contributed by atoms with Crippen LogP contribution in [-0.4, -0.2) is 36.5 Å². The van der Waals surface area contributed by atoms with Gasteiger partial charge in [0, 0.05) is 37.1 Å². The first-order valence-corrected chi connectivity index (χ1v) is 7.08. The van der Waals surface area contributed by atoms with E-state index >= 15 is 0 Å². The zero-order valence-electron chi connectivity index (χ0n) is 9.13. The van der Waals surface area contributed by atoms with Gasteiger partial charge in [0.05, 0.1) is 0 Å². The molecule has 0 aromatic carbocycles. The van der Waals surface area contributed by atoms with E-state index in [9.17, 15) is 4.79 Å². The third kappa shape index (κ3) is 3.68. The molecule has 86 valence electrons. The first-order valence-electron chi connectivity index (χ1n) is 5.92. The number of amides is 1. The van der Waals surface area contributed by atoms with Crippen LogP contribution in [0.5, 0.6) is 0 Å². The van der Waals surface area contributed by atoms with E-state index in [0.29, 0.717) is 12.5 Å². The maximum atomic E-state index is 11.6. The van der Waals surface area contributed by atoms with E-state index in [1.807, 2.05) is 11.8 Å². The molecular formula is C11H20N2OS. The zero-order valence-corrected chi connectivity index (χ0v) is 9.94. The molecule has 0 aromatic heterocycles. The van der Waals surface area contributed by atoms with Crippen LogP contribution in [0.25, 0.3) is 0 Å². The van der Waals surface area contributed by atoms with E-state index in [1.165, 1.54) is 25.0 Å². The van der Waals surface area contributed by atoms with Gasteiger partial charge in [0.2, 0.25) is 5.91 Å². The van der Waals surface area contributed by atoms with Crippen molar-refractivity contribution in [3.8, 4) is 0 Å². The van der Waals surface area contributed by atoms with Crippen LogP contribution in [-0.2, 0) is 4.79 Å². The van der Waals surface area contributed by atoms with E-state index in [-0.39, 0.29) is 5.91 Å². The van der Waals surface area contributed by atoms with Gasteiger partial charge in [-0.2, -0.15) is 11.8 Å². The highest BCUT2D eigenvalue weighted by molar-refractivity contribution is 7.99. The summed E-state index contributed by atoms with van der Waals surface area (Å²) < 4.78 is 0. The molecule has 4 heteroatoms. The summed E-state index contributed by atoms with van der Waals surface area (Å²) in [5, 5.41) is 6.43. The third-order valence-corrected chi connectivity index (χ3v) is 4.37. The van der Waals surface area contributed by atoms with Crippen LogP contribution in [0.1, 0.15) is 25.7 Å². The lowest BCUT2D eigenvalue weighted by atomic mass is 9.85. The molecule has 0 aromatic rings. The van der Waals surface area contributed by atoms with Crippen LogP contribution < -0.4 is 10.6 Å². The van der Waals surface area contributed by atoms with Gasteiger partial charge >= 0.3 is 0 Å². The molecule has 1 saturated carbocycles. The van der Waals surface area contributed by atoms with Gasteiger partial charge in [-0.25, -0.2) is 0 Å². The Morgan fingerprint density at radius 2 is 2.33 bits per heavy atom. The zero-order chi connectivity index (χ0) is 10.5. The van der Waals surface area contributed by atoms with Crippen molar-refractivity contribution in [3.05, 3.63) is 0 Å². The Balaban J connectivity index is 1.58. The Morgan fingerprint density at radius 3 is 2.93 bits per heavy atom. The van der Waals surface area contributed by atoms with Crippen molar-refractivity contribution in [1.29, 1.82) is 0 Å². The van der Waals surface area contributed by atoms with E-state index in [2.05, 4.69) is 10.6 Å². The van der Waals surface area contributed by atoms with Crippen molar-refractivity contribution in [3.63, 3.8) is 0 Å². The minimum absolute atomic E-state index is 0.224. The summed E-state index contributed by atoms with van der Waals surface area (Å²) in [5.41, 5.74) is 0. The number of rotatable bonds is 4. The maximum Gasteiger partial charge on any atom is 0.221 e. The Kier molecular flexibility index (Phi) is 4.32. The second kappa shape index (κ2) is 5.75. The van der Waals surface area contributed by atoms with Crippen LogP contribution in [0, 0.1) is 5.92 Å². The van der Waals surface area contributed by atoms with E-state index in [0.717, 1.165) is 24.8 Å². The van der Waals surface area contributed by atoms with Crippen molar-refractivity contribution < 1.29 is 4.79 Å². The molecule has 1 saturated heterocycles. The molecule has 2 aliphatic rings. The first kappa shape index (κ1) is 11.3. The number of thioether (sulfide) groups is 1. The Labute approximate surface area is 95.8 Å². The molecule has 1 unspecified atom stereocenters. The molecule has 2 rings (SSSR count). The Morgan fingerprint density at radius 1 is 1.47 bits per heavy atom. The summed E-state index contributed by atoms with van der Waals surface area (Å²) in [6.45, 7) is 1.95. The highest BCUT2D eigenvalue weighted by Crippen LogP contribution is 2.25. The topological polar surface area (TPSA) is 41.1 Å². The summed E-state index contributed by atoms with van der Waals surface area (Å²) in [6.07, 6.45) is 4.61. The number of hydrogen-bond donors (Lipinski definition) is 2. The molecule has 1 heterocycles. The lowest BCUT2D eigenvalue weighted by molar-refractivity contribution is -0.121. The average molecular weight is 228 g/mol. The molecule has 1 atom stereocenters. The van der Waals surface area contributed by atoms with Crippen LogP contribution >= 0.6 is 11.8 Å². The Bertz CT molecular complexity index is 213. The van der Waals surface area contributed by atoms with E-state index < -0.39 is 0 Å². The quantitative estimate of drug-likeness (QED) is 0.754. The Hall–Kier alpha value is -0.220.